The van der Waals surface area contributed by atoms with Crippen LogP contribution in [0.3, 0.4) is 0 Å². The van der Waals surface area contributed by atoms with Crippen LogP contribution in [0.5, 0.6) is 0 Å². The molecule has 1 atom stereocenters. The summed E-state index contributed by atoms with van der Waals surface area (Å²) in [6.45, 7) is -0.0959. The van der Waals surface area contributed by atoms with Gasteiger partial charge in [-0.05, 0) is 17.3 Å². The molecule has 1 fully saturated rings. The van der Waals surface area contributed by atoms with E-state index in [9.17, 15) is 9.18 Å². The molecule has 1 aliphatic rings. The number of hydrogen-bond acceptors (Lipinski definition) is 6. The Morgan fingerprint density at radius 3 is 2.95 bits per heavy atom. The van der Waals surface area contributed by atoms with E-state index in [4.69, 9.17) is 9.84 Å². The van der Waals surface area contributed by atoms with Crippen LogP contribution in [-0.4, -0.2) is 50.7 Å². The molecule has 0 saturated carbocycles. The van der Waals surface area contributed by atoms with Crippen LogP contribution in [0.25, 0.3) is 5.69 Å². The molecule has 0 unspecified atom stereocenters. The average molecular weight is 279 g/mol. The highest BCUT2D eigenvalue weighted by Crippen LogP contribution is 2.24. The average Bonchev–Trinajstić information content (AvgIpc) is 3.07. The smallest absolute Gasteiger partial charge is 0.414 e. The molecule has 8 nitrogen and oxygen atoms in total. The Hall–Kier alpha value is -2.55. The highest BCUT2D eigenvalue weighted by Gasteiger charge is 2.32. The summed E-state index contributed by atoms with van der Waals surface area (Å²) in [5.41, 5.74) is 0.463. The molecule has 0 spiro atoms. The van der Waals surface area contributed by atoms with E-state index in [0.29, 0.717) is 5.69 Å². The molecule has 1 aliphatic heterocycles. The van der Waals surface area contributed by atoms with Crippen LogP contribution in [0.1, 0.15) is 0 Å². The predicted molar refractivity (Wildman–Crippen MR) is 63.8 cm³/mol. The van der Waals surface area contributed by atoms with Gasteiger partial charge in [0.15, 0.2) is 12.1 Å². The molecule has 2 heterocycles. The zero-order chi connectivity index (χ0) is 14.1. The molecular formula is C11H10FN5O3. The third-order valence-corrected chi connectivity index (χ3v) is 2.89. The van der Waals surface area contributed by atoms with Crippen molar-refractivity contribution in [3.8, 4) is 5.69 Å². The number of ether oxygens (including phenoxy) is 1. The molecule has 20 heavy (non-hydrogen) atoms. The lowest BCUT2D eigenvalue weighted by Gasteiger charge is -2.13. The lowest BCUT2D eigenvalue weighted by molar-refractivity contribution is 0.0963. The Labute approximate surface area is 112 Å². The lowest BCUT2D eigenvalue weighted by atomic mass is 10.2. The van der Waals surface area contributed by atoms with Gasteiger partial charge in [-0.25, -0.2) is 9.18 Å². The van der Waals surface area contributed by atoms with Gasteiger partial charge in [0.2, 0.25) is 0 Å². The summed E-state index contributed by atoms with van der Waals surface area (Å²) in [7, 11) is 0. The third-order valence-electron chi connectivity index (χ3n) is 2.89. The fourth-order valence-electron chi connectivity index (χ4n) is 1.93. The Bertz CT molecular complexity index is 633. The first kappa shape index (κ1) is 12.5. The summed E-state index contributed by atoms with van der Waals surface area (Å²) < 4.78 is 18.9. The Balaban J connectivity index is 1.89. The number of rotatable bonds is 3. The molecule has 0 radical (unpaired) electrons. The van der Waals surface area contributed by atoms with Crippen molar-refractivity contribution in [2.24, 2.45) is 0 Å². The van der Waals surface area contributed by atoms with Crippen molar-refractivity contribution in [1.82, 2.24) is 20.2 Å². The van der Waals surface area contributed by atoms with Crippen molar-refractivity contribution in [1.29, 1.82) is 0 Å². The maximum absolute atomic E-state index is 14.0. The molecule has 1 N–H and O–H groups in total. The summed E-state index contributed by atoms with van der Waals surface area (Å²) in [6, 6.07) is 4.16. The first-order valence-electron chi connectivity index (χ1n) is 5.81. The molecule has 2 aromatic rings. The number of cyclic esters (lactones) is 1. The molecule has 1 aromatic heterocycles. The van der Waals surface area contributed by atoms with Gasteiger partial charge in [0.05, 0.1) is 18.8 Å². The van der Waals surface area contributed by atoms with Crippen LogP contribution in [0, 0.1) is 5.82 Å². The van der Waals surface area contributed by atoms with Gasteiger partial charge in [-0.1, -0.05) is 0 Å². The molecule has 3 rings (SSSR count). The zero-order valence-corrected chi connectivity index (χ0v) is 10.2. The highest BCUT2D eigenvalue weighted by molar-refractivity contribution is 5.89. The quantitative estimate of drug-likeness (QED) is 0.857. The minimum atomic E-state index is -0.616. The van der Waals surface area contributed by atoms with Crippen LogP contribution in [0.2, 0.25) is 0 Å². The zero-order valence-electron chi connectivity index (χ0n) is 10.2. The number of aliphatic hydroxyl groups excluding tert-OH is 1. The van der Waals surface area contributed by atoms with Crippen molar-refractivity contribution in [3.63, 3.8) is 0 Å². The molecule has 0 bridgehead atoms. The monoisotopic (exact) mass is 279 g/mol. The maximum atomic E-state index is 14.0. The van der Waals surface area contributed by atoms with E-state index in [1.165, 1.54) is 23.4 Å². The summed E-state index contributed by atoms with van der Waals surface area (Å²) in [5.74, 6) is -0.597. The van der Waals surface area contributed by atoms with Gasteiger partial charge in [0.25, 0.3) is 0 Å². The topological polar surface area (TPSA) is 93.4 Å². The molecule has 0 aliphatic carbocycles. The van der Waals surface area contributed by atoms with E-state index in [1.807, 2.05) is 0 Å². The van der Waals surface area contributed by atoms with E-state index < -0.39 is 18.0 Å². The second-order valence-electron chi connectivity index (χ2n) is 4.16. The molecular weight excluding hydrogens is 269 g/mol. The van der Waals surface area contributed by atoms with Crippen LogP contribution >= 0.6 is 0 Å². The van der Waals surface area contributed by atoms with Crippen molar-refractivity contribution < 1.29 is 19.0 Å². The number of aliphatic hydroxyl groups is 1. The largest absolute Gasteiger partial charge is 0.441 e. The minimum Gasteiger partial charge on any atom is -0.441 e. The van der Waals surface area contributed by atoms with Gasteiger partial charge < -0.3 is 9.84 Å². The number of benzene rings is 1. The summed E-state index contributed by atoms with van der Waals surface area (Å²) >= 11 is 0. The number of nitrogens with zero attached hydrogens (tertiary/aromatic N) is 5. The number of carbonyl (C=O) groups excluding carboxylic acids is 1. The SMILES string of the molecule is O=C1O[C@@H](CO)CN1c1ccc(-n2ncnn2)c(F)c1. The number of hydrogen-bond donors (Lipinski definition) is 1. The molecule has 1 saturated heterocycles. The van der Waals surface area contributed by atoms with Crippen LogP contribution in [0.15, 0.2) is 24.5 Å². The first-order valence-corrected chi connectivity index (χ1v) is 5.81. The van der Waals surface area contributed by atoms with Crippen molar-refractivity contribution >= 4 is 11.8 Å². The second-order valence-corrected chi connectivity index (χ2v) is 4.16. The summed E-state index contributed by atoms with van der Waals surface area (Å²) in [4.78, 5) is 13.9. The van der Waals surface area contributed by atoms with Gasteiger partial charge in [0, 0.05) is 6.07 Å². The van der Waals surface area contributed by atoms with Crippen molar-refractivity contribution in [3.05, 3.63) is 30.3 Å². The third kappa shape index (κ3) is 2.07. The number of carbonyl (C=O) groups is 1. The molecule has 9 heteroatoms. The molecule has 1 aromatic carbocycles. The van der Waals surface area contributed by atoms with Gasteiger partial charge in [0.1, 0.15) is 11.8 Å². The maximum Gasteiger partial charge on any atom is 0.414 e. The fourth-order valence-corrected chi connectivity index (χ4v) is 1.93. The molecule has 104 valence electrons. The highest BCUT2D eigenvalue weighted by atomic mass is 19.1. The van der Waals surface area contributed by atoms with Crippen LogP contribution < -0.4 is 4.90 Å². The normalized spacial score (nSPS) is 18.4. The van der Waals surface area contributed by atoms with E-state index in [0.717, 1.165) is 4.80 Å². The van der Waals surface area contributed by atoms with E-state index in [2.05, 4.69) is 15.4 Å². The van der Waals surface area contributed by atoms with E-state index >= 15 is 0 Å². The van der Waals surface area contributed by atoms with E-state index in [-0.39, 0.29) is 18.8 Å². The van der Waals surface area contributed by atoms with E-state index in [1.54, 1.807) is 6.07 Å². The number of halogens is 1. The van der Waals surface area contributed by atoms with Gasteiger partial charge in [-0.15, -0.1) is 15.0 Å². The predicted octanol–water partition coefficient (Wildman–Crippen LogP) is 0.119. The minimum absolute atomic E-state index is 0.123. The van der Waals surface area contributed by atoms with Gasteiger partial charge in [-0.3, -0.25) is 4.90 Å². The Morgan fingerprint density at radius 1 is 1.50 bits per heavy atom. The second kappa shape index (κ2) is 4.85. The first-order chi connectivity index (χ1) is 9.69. The van der Waals surface area contributed by atoms with Gasteiger partial charge >= 0.3 is 6.09 Å². The van der Waals surface area contributed by atoms with Gasteiger partial charge in [-0.2, -0.15) is 0 Å². The number of aromatic nitrogens is 4. The summed E-state index contributed by atoms with van der Waals surface area (Å²) in [5, 5.41) is 19.8. The number of anilines is 1. The van der Waals surface area contributed by atoms with Crippen molar-refractivity contribution in [2.75, 3.05) is 18.1 Å². The number of amides is 1. The van der Waals surface area contributed by atoms with Crippen molar-refractivity contribution in [2.45, 2.75) is 6.10 Å². The van der Waals surface area contributed by atoms with Crippen LogP contribution in [-0.2, 0) is 4.74 Å². The standard InChI is InChI=1S/C11H10FN5O3/c12-9-3-7(16-4-8(5-18)20-11(16)19)1-2-10(9)17-14-6-13-15-17/h1-3,6,8,18H,4-5H2/t8-/m1/s1. The molecule has 1 amide bonds. The number of tetrazole rings is 1. The Morgan fingerprint density at radius 2 is 2.35 bits per heavy atom. The summed E-state index contributed by atoms with van der Waals surface area (Å²) in [6.07, 6.45) is -0.0193. The van der Waals surface area contributed by atoms with Crippen LogP contribution in [0.4, 0.5) is 14.9 Å². The fraction of sp³-hybridized carbons (Fsp3) is 0.273. The lowest BCUT2D eigenvalue weighted by Crippen LogP contribution is -2.25. The Kier molecular flexibility index (Phi) is 3.03.